The van der Waals surface area contributed by atoms with Crippen LogP contribution in [-0.2, 0) is 11.3 Å². The molecule has 9 heteroatoms. The lowest BCUT2D eigenvalue weighted by Crippen LogP contribution is -2.06. The maximum atomic E-state index is 12.2. The summed E-state index contributed by atoms with van der Waals surface area (Å²) < 4.78 is 15.9. The van der Waals surface area contributed by atoms with E-state index in [1.807, 2.05) is 23.6 Å². The van der Waals surface area contributed by atoms with Crippen LogP contribution in [0.5, 0.6) is 11.5 Å². The number of nitrogens with zero attached hydrogens (tertiary/aromatic N) is 2. The molecule has 0 saturated carbocycles. The van der Waals surface area contributed by atoms with Gasteiger partial charge in [0.25, 0.3) is 0 Å². The van der Waals surface area contributed by atoms with Crippen LogP contribution >= 0.6 is 22.7 Å². The molecule has 3 rings (SSSR count). The summed E-state index contributed by atoms with van der Waals surface area (Å²) in [7, 11) is 3.18. The average Bonchev–Trinajstić information content (AvgIpc) is 3.39. The lowest BCUT2D eigenvalue weighted by Gasteiger charge is -2.08. The van der Waals surface area contributed by atoms with Crippen molar-refractivity contribution in [2.24, 2.45) is 0 Å². The van der Waals surface area contributed by atoms with Gasteiger partial charge in [0, 0.05) is 22.9 Å². The standard InChI is InChI=1S/C19H19N3O4S2/c1-4-7-20-19-22-14(11-28-19)18(23)26-9-13-10-27-17(21-13)12-5-6-15(24-2)16(8-12)25-3/h4-6,8,10-11H,1,7,9H2,2-3H3,(H,20,22). The summed E-state index contributed by atoms with van der Waals surface area (Å²) in [5.74, 6) is 0.804. The number of carbonyl (C=O) groups excluding carboxylic acids is 1. The van der Waals surface area contributed by atoms with E-state index in [1.165, 1.54) is 22.7 Å². The number of anilines is 1. The van der Waals surface area contributed by atoms with Crippen molar-refractivity contribution in [3.05, 3.63) is 53.0 Å². The van der Waals surface area contributed by atoms with Gasteiger partial charge in [0.2, 0.25) is 0 Å². The Morgan fingerprint density at radius 2 is 2.00 bits per heavy atom. The molecule has 2 aromatic heterocycles. The van der Waals surface area contributed by atoms with Gasteiger partial charge in [-0.2, -0.15) is 0 Å². The molecule has 1 N–H and O–H groups in total. The molecule has 0 unspecified atom stereocenters. The summed E-state index contributed by atoms with van der Waals surface area (Å²) in [6.45, 7) is 4.29. The van der Waals surface area contributed by atoms with Crippen LogP contribution in [0.25, 0.3) is 10.6 Å². The number of methoxy groups -OCH3 is 2. The first-order chi connectivity index (χ1) is 13.6. The van der Waals surface area contributed by atoms with Gasteiger partial charge >= 0.3 is 5.97 Å². The number of rotatable bonds is 9. The topological polar surface area (TPSA) is 82.6 Å². The number of carbonyl (C=O) groups is 1. The Hall–Kier alpha value is -2.91. The molecule has 0 atom stereocenters. The third-order valence-corrected chi connectivity index (χ3v) is 5.38. The summed E-state index contributed by atoms with van der Waals surface area (Å²) in [6, 6.07) is 5.60. The first-order valence-corrected chi connectivity index (χ1v) is 10.0. The number of thiazole rings is 2. The van der Waals surface area contributed by atoms with Crippen LogP contribution in [-0.4, -0.2) is 36.7 Å². The second-order valence-corrected chi connectivity index (χ2v) is 7.21. The Morgan fingerprint density at radius 3 is 2.75 bits per heavy atom. The van der Waals surface area contributed by atoms with Crippen LogP contribution in [0, 0.1) is 0 Å². The van der Waals surface area contributed by atoms with Crippen LogP contribution in [0.15, 0.2) is 41.6 Å². The van der Waals surface area contributed by atoms with Gasteiger partial charge in [0.1, 0.15) is 11.6 Å². The van der Waals surface area contributed by atoms with Crippen molar-refractivity contribution < 1.29 is 19.0 Å². The highest BCUT2D eigenvalue weighted by Crippen LogP contribution is 2.33. The van der Waals surface area contributed by atoms with E-state index in [-0.39, 0.29) is 12.3 Å². The maximum absolute atomic E-state index is 12.2. The van der Waals surface area contributed by atoms with Gasteiger partial charge in [0.05, 0.1) is 19.9 Å². The molecule has 0 spiro atoms. The molecule has 0 aliphatic carbocycles. The lowest BCUT2D eigenvalue weighted by atomic mass is 10.2. The summed E-state index contributed by atoms with van der Waals surface area (Å²) in [5.41, 5.74) is 1.84. The van der Waals surface area contributed by atoms with Crippen LogP contribution < -0.4 is 14.8 Å². The number of aromatic nitrogens is 2. The fraction of sp³-hybridized carbons (Fsp3) is 0.211. The van der Waals surface area contributed by atoms with E-state index in [9.17, 15) is 4.79 Å². The molecule has 1 aromatic carbocycles. The van der Waals surface area contributed by atoms with Gasteiger partial charge in [-0.3, -0.25) is 0 Å². The van der Waals surface area contributed by atoms with E-state index in [2.05, 4.69) is 21.9 Å². The minimum absolute atomic E-state index is 0.0789. The van der Waals surface area contributed by atoms with Crippen LogP contribution in [0.2, 0.25) is 0 Å². The second-order valence-electron chi connectivity index (χ2n) is 5.50. The fourth-order valence-electron chi connectivity index (χ4n) is 2.30. The van der Waals surface area contributed by atoms with E-state index in [0.29, 0.717) is 28.9 Å². The molecule has 0 saturated heterocycles. The number of ether oxygens (including phenoxy) is 3. The normalized spacial score (nSPS) is 10.4. The van der Waals surface area contributed by atoms with Gasteiger partial charge in [0.15, 0.2) is 22.3 Å². The maximum Gasteiger partial charge on any atom is 0.358 e. The Balaban J connectivity index is 1.62. The first kappa shape index (κ1) is 19.8. The zero-order chi connectivity index (χ0) is 19.9. The third-order valence-electron chi connectivity index (χ3n) is 3.64. The van der Waals surface area contributed by atoms with E-state index in [4.69, 9.17) is 14.2 Å². The van der Waals surface area contributed by atoms with Crippen molar-refractivity contribution in [1.29, 1.82) is 0 Å². The number of esters is 1. The van der Waals surface area contributed by atoms with Crippen molar-refractivity contribution in [1.82, 2.24) is 9.97 Å². The number of benzene rings is 1. The number of hydrogen-bond donors (Lipinski definition) is 1. The van der Waals surface area contributed by atoms with Gasteiger partial charge < -0.3 is 19.5 Å². The SMILES string of the molecule is C=CCNc1nc(C(=O)OCc2csc(-c3ccc(OC)c(OC)c3)n2)cs1. The molecule has 7 nitrogen and oxygen atoms in total. The fourth-order valence-corrected chi connectivity index (χ4v) is 3.79. The number of hydrogen-bond acceptors (Lipinski definition) is 9. The molecule has 0 aliphatic rings. The average molecular weight is 418 g/mol. The third kappa shape index (κ3) is 4.68. The van der Waals surface area contributed by atoms with Crippen molar-refractivity contribution in [2.75, 3.05) is 26.1 Å². The predicted molar refractivity (Wildman–Crippen MR) is 111 cm³/mol. The highest BCUT2D eigenvalue weighted by atomic mass is 32.1. The van der Waals surface area contributed by atoms with Crippen LogP contribution in [0.4, 0.5) is 5.13 Å². The largest absolute Gasteiger partial charge is 0.493 e. The quantitative estimate of drug-likeness (QED) is 0.412. The van der Waals surface area contributed by atoms with E-state index in [0.717, 1.165) is 10.6 Å². The smallest absolute Gasteiger partial charge is 0.358 e. The highest BCUT2D eigenvalue weighted by molar-refractivity contribution is 7.14. The van der Waals surface area contributed by atoms with Crippen molar-refractivity contribution in [3.63, 3.8) is 0 Å². The molecule has 0 amide bonds. The molecular formula is C19H19N3O4S2. The molecule has 28 heavy (non-hydrogen) atoms. The Bertz CT molecular complexity index is 968. The summed E-state index contributed by atoms with van der Waals surface area (Å²) in [4.78, 5) is 20.9. The minimum Gasteiger partial charge on any atom is -0.493 e. The molecule has 0 fully saturated rings. The molecule has 3 aromatic rings. The first-order valence-electron chi connectivity index (χ1n) is 8.28. The van der Waals surface area contributed by atoms with Gasteiger partial charge in [-0.25, -0.2) is 14.8 Å². The molecule has 146 valence electrons. The van der Waals surface area contributed by atoms with Crippen molar-refractivity contribution >= 4 is 33.8 Å². The monoisotopic (exact) mass is 417 g/mol. The molecule has 2 heterocycles. The van der Waals surface area contributed by atoms with E-state index >= 15 is 0 Å². The Kier molecular flexibility index (Phi) is 6.62. The highest BCUT2D eigenvalue weighted by Gasteiger charge is 2.14. The van der Waals surface area contributed by atoms with Gasteiger partial charge in [-0.15, -0.1) is 29.3 Å². The summed E-state index contributed by atoms with van der Waals surface area (Å²) in [6.07, 6.45) is 1.72. The zero-order valence-corrected chi connectivity index (χ0v) is 17.1. The number of nitrogens with one attached hydrogen (secondary N) is 1. The second kappa shape index (κ2) is 9.34. The predicted octanol–water partition coefficient (Wildman–Crippen LogP) is 4.24. The Labute approximate surface area is 170 Å². The van der Waals surface area contributed by atoms with Crippen molar-refractivity contribution in [2.45, 2.75) is 6.61 Å². The zero-order valence-electron chi connectivity index (χ0n) is 15.4. The summed E-state index contributed by atoms with van der Waals surface area (Å²) in [5, 5.41) is 8.00. The molecule has 0 radical (unpaired) electrons. The van der Waals surface area contributed by atoms with Crippen LogP contribution in [0.3, 0.4) is 0 Å². The summed E-state index contributed by atoms with van der Waals surface area (Å²) >= 11 is 2.81. The van der Waals surface area contributed by atoms with Crippen LogP contribution in [0.1, 0.15) is 16.2 Å². The van der Waals surface area contributed by atoms with Gasteiger partial charge in [-0.05, 0) is 18.2 Å². The molecule has 0 aliphatic heterocycles. The van der Waals surface area contributed by atoms with Crippen molar-refractivity contribution in [3.8, 4) is 22.1 Å². The van der Waals surface area contributed by atoms with E-state index in [1.54, 1.807) is 25.7 Å². The molecular weight excluding hydrogens is 398 g/mol. The minimum atomic E-state index is -0.483. The van der Waals surface area contributed by atoms with Gasteiger partial charge in [-0.1, -0.05) is 6.08 Å². The van der Waals surface area contributed by atoms with E-state index < -0.39 is 5.97 Å². The Morgan fingerprint density at radius 1 is 1.18 bits per heavy atom. The lowest BCUT2D eigenvalue weighted by molar-refractivity contribution is 0.0462. The molecule has 0 bridgehead atoms.